The summed E-state index contributed by atoms with van der Waals surface area (Å²) in [5.41, 5.74) is 1.80. The molecule has 0 aromatic heterocycles. The van der Waals surface area contributed by atoms with Crippen molar-refractivity contribution in [2.45, 2.75) is 37.7 Å². The molecule has 1 atom stereocenters. The van der Waals surface area contributed by atoms with E-state index in [1.165, 1.54) is 11.8 Å². The molecule has 30 heavy (non-hydrogen) atoms. The summed E-state index contributed by atoms with van der Waals surface area (Å²) in [6.45, 7) is 5.18. The van der Waals surface area contributed by atoms with Gasteiger partial charge in [-0.25, -0.2) is 8.42 Å². The number of para-hydroxylation sites is 1. The molecule has 0 spiro atoms. The molecule has 1 unspecified atom stereocenters. The van der Waals surface area contributed by atoms with Crippen LogP contribution in [0.3, 0.4) is 0 Å². The maximum Gasteiger partial charge on any atom is 0.253 e. The molecule has 2 aromatic rings. The second-order valence-electron chi connectivity index (χ2n) is 7.56. The van der Waals surface area contributed by atoms with Crippen molar-refractivity contribution in [2.24, 2.45) is 0 Å². The summed E-state index contributed by atoms with van der Waals surface area (Å²) in [7, 11) is -3.71. The van der Waals surface area contributed by atoms with Crippen LogP contribution in [0.2, 0.25) is 0 Å². The van der Waals surface area contributed by atoms with Crippen LogP contribution >= 0.6 is 0 Å². The topological polar surface area (TPSA) is 74.8 Å². The fourth-order valence-electron chi connectivity index (χ4n) is 3.65. The van der Waals surface area contributed by atoms with Gasteiger partial charge in [-0.05, 0) is 56.5 Å². The number of nitrogens with zero attached hydrogens (tertiary/aromatic N) is 2. The van der Waals surface area contributed by atoms with Crippen LogP contribution in [-0.2, 0) is 20.4 Å². The minimum Gasteiger partial charge on any atom is -0.339 e. The van der Waals surface area contributed by atoms with Crippen LogP contribution in [0.4, 0.5) is 5.69 Å². The van der Waals surface area contributed by atoms with Gasteiger partial charge in [-0.2, -0.15) is 0 Å². The Morgan fingerprint density at radius 1 is 1.00 bits per heavy atom. The minimum atomic E-state index is -3.71. The van der Waals surface area contributed by atoms with Crippen LogP contribution in [0.25, 0.3) is 0 Å². The molecule has 1 aliphatic rings. The number of carbonyl (C=O) groups is 2. The van der Waals surface area contributed by atoms with E-state index in [0.29, 0.717) is 23.4 Å². The van der Waals surface area contributed by atoms with Gasteiger partial charge in [-0.1, -0.05) is 30.3 Å². The Bertz CT molecular complexity index is 982. The Kier molecular flexibility index (Phi) is 6.92. The Morgan fingerprint density at radius 3 is 2.17 bits per heavy atom. The van der Waals surface area contributed by atoms with E-state index in [4.69, 9.17) is 0 Å². The van der Waals surface area contributed by atoms with Gasteiger partial charge in [-0.15, -0.1) is 0 Å². The number of anilines is 1. The van der Waals surface area contributed by atoms with Crippen LogP contribution in [0.5, 0.6) is 0 Å². The highest BCUT2D eigenvalue weighted by molar-refractivity contribution is 7.92. The molecule has 3 rings (SSSR count). The van der Waals surface area contributed by atoms with Crippen molar-refractivity contribution < 1.29 is 18.0 Å². The van der Waals surface area contributed by atoms with E-state index in [1.807, 2.05) is 30.0 Å². The average Bonchev–Trinajstić information content (AvgIpc) is 3.29. The van der Waals surface area contributed by atoms with Gasteiger partial charge in [0.15, 0.2) is 9.84 Å². The molecular formula is C23H28N2O4S. The lowest BCUT2D eigenvalue weighted by Crippen LogP contribution is -2.42. The molecule has 0 N–H and O–H groups in total. The van der Waals surface area contributed by atoms with Gasteiger partial charge in [0, 0.05) is 30.9 Å². The van der Waals surface area contributed by atoms with Crippen LogP contribution in [-0.4, -0.2) is 50.0 Å². The van der Waals surface area contributed by atoms with Gasteiger partial charge < -0.3 is 9.80 Å². The fourth-order valence-corrected chi connectivity index (χ4v) is 4.99. The number of amides is 2. The minimum absolute atomic E-state index is 0.0214. The lowest BCUT2D eigenvalue weighted by atomic mass is 10.1. The lowest BCUT2D eigenvalue weighted by Gasteiger charge is -2.24. The number of hydrogen-bond acceptors (Lipinski definition) is 4. The van der Waals surface area contributed by atoms with Gasteiger partial charge in [0.05, 0.1) is 5.75 Å². The Labute approximate surface area is 178 Å². The maximum absolute atomic E-state index is 12.9. The van der Waals surface area contributed by atoms with Gasteiger partial charge >= 0.3 is 0 Å². The molecule has 1 saturated heterocycles. The molecule has 0 saturated carbocycles. The average molecular weight is 429 g/mol. The Hall–Kier alpha value is -2.67. The van der Waals surface area contributed by atoms with Crippen LogP contribution in [0, 0.1) is 0 Å². The zero-order valence-corrected chi connectivity index (χ0v) is 18.3. The normalized spacial score (nSPS) is 15.1. The Morgan fingerprint density at radius 2 is 1.60 bits per heavy atom. The first kappa shape index (κ1) is 22.0. The number of carbonyl (C=O) groups excluding carboxylic acids is 2. The molecule has 2 aromatic carbocycles. The second kappa shape index (κ2) is 9.43. The molecule has 0 radical (unpaired) electrons. The van der Waals surface area contributed by atoms with Crippen molar-refractivity contribution >= 4 is 27.3 Å². The summed E-state index contributed by atoms with van der Waals surface area (Å²) in [5, 5.41) is -1.16. The number of likely N-dealkylation sites (tertiary alicyclic amines) is 1. The lowest BCUT2D eigenvalue weighted by molar-refractivity contribution is -0.117. The van der Waals surface area contributed by atoms with E-state index in [2.05, 4.69) is 0 Å². The molecule has 1 fully saturated rings. The highest BCUT2D eigenvalue weighted by atomic mass is 32.2. The van der Waals surface area contributed by atoms with E-state index in [0.717, 1.165) is 25.9 Å². The first-order valence-electron chi connectivity index (χ1n) is 10.3. The zero-order chi connectivity index (χ0) is 21.7. The monoisotopic (exact) mass is 428 g/mol. The van der Waals surface area contributed by atoms with E-state index >= 15 is 0 Å². The van der Waals surface area contributed by atoms with Crippen molar-refractivity contribution in [3.63, 3.8) is 0 Å². The van der Waals surface area contributed by atoms with Crippen molar-refractivity contribution in [1.82, 2.24) is 4.90 Å². The summed E-state index contributed by atoms with van der Waals surface area (Å²) >= 11 is 0. The van der Waals surface area contributed by atoms with Crippen LogP contribution in [0.15, 0.2) is 54.6 Å². The highest BCUT2D eigenvalue weighted by Gasteiger charge is 2.32. The van der Waals surface area contributed by atoms with Gasteiger partial charge in [-0.3, -0.25) is 9.59 Å². The molecule has 6 nitrogen and oxygen atoms in total. The highest BCUT2D eigenvalue weighted by Crippen LogP contribution is 2.20. The number of rotatable bonds is 7. The van der Waals surface area contributed by atoms with Crippen molar-refractivity contribution in [1.29, 1.82) is 0 Å². The standard InChI is InChI=1S/C23H28N2O4S/c1-3-25(21-9-5-4-6-10-21)22(26)18(2)30(28,29)17-19-11-13-20(14-12-19)23(27)24-15-7-8-16-24/h4-6,9-14,18H,3,7-8,15-17H2,1-2H3. The molecule has 2 amide bonds. The predicted octanol–water partition coefficient (Wildman–Crippen LogP) is 3.28. The first-order chi connectivity index (χ1) is 14.3. The number of benzene rings is 2. The third kappa shape index (κ3) is 4.90. The maximum atomic E-state index is 12.9. The van der Waals surface area contributed by atoms with Gasteiger partial charge in [0.25, 0.3) is 5.91 Å². The van der Waals surface area contributed by atoms with Crippen LogP contribution < -0.4 is 4.90 Å². The SMILES string of the molecule is CCN(C(=O)C(C)S(=O)(=O)Cc1ccc(C(=O)N2CCCC2)cc1)c1ccccc1. The van der Waals surface area contributed by atoms with Gasteiger partial charge in [0.2, 0.25) is 5.91 Å². The number of hydrogen-bond donors (Lipinski definition) is 0. The molecule has 1 heterocycles. The van der Waals surface area contributed by atoms with Gasteiger partial charge in [0.1, 0.15) is 5.25 Å². The van der Waals surface area contributed by atoms with Crippen molar-refractivity contribution in [3.8, 4) is 0 Å². The molecule has 0 aliphatic carbocycles. The van der Waals surface area contributed by atoms with Crippen molar-refractivity contribution in [2.75, 3.05) is 24.5 Å². The summed E-state index contributed by atoms with van der Waals surface area (Å²) in [6, 6.07) is 15.7. The third-order valence-electron chi connectivity index (χ3n) is 5.50. The molecular weight excluding hydrogens is 400 g/mol. The summed E-state index contributed by atoms with van der Waals surface area (Å²) < 4.78 is 25.8. The Balaban J connectivity index is 1.70. The van der Waals surface area contributed by atoms with E-state index in [9.17, 15) is 18.0 Å². The molecule has 1 aliphatic heterocycles. The summed E-state index contributed by atoms with van der Waals surface area (Å²) in [4.78, 5) is 28.6. The fraction of sp³-hybridized carbons (Fsp3) is 0.391. The smallest absolute Gasteiger partial charge is 0.253 e. The molecule has 7 heteroatoms. The third-order valence-corrected chi connectivity index (χ3v) is 7.51. The zero-order valence-electron chi connectivity index (χ0n) is 17.5. The molecule has 0 bridgehead atoms. The number of sulfone groups is 1. The van der Waals surface area contributed by atoms with E-state index < -0.39 is 21.0 Å². The first-order valence-corrected chi connectivity index (χ1v) is 12.0. The predicted molar refractivity (Wildman–Crippen MR) is 118 cm³/mol. The van der Waals surface area contributed by atoms with E-state index in [-0.39, 0.29) is 11.7 Å². The summed E-state index contributed by atoms with van der Waals surface area (Å²) in [6.07, 6.45) is 2.04. The van der Waals surface area contributed by atoms with Crippen molar-refractivity contribution in [3.05, 3.63) is 65.7 Å². The van der Waals surface area contributed by atoms with Crippen LogP contribution in [0.1, 0.15) is 42.6 Å². The quantitative estimate of drug-likeness (QED) is 0.678. The molecule has 160 valence electrons. The second-order valence-corrected chi connectivity index (χ2v) is 9.89. The summed E-state index contributed by atoms with van der Waals surface area (Å²) in [5.74, 6) is -0.707. The largest absolute Gasteiger partial charge is 0.339 e. The van der Waals surface area contributed by atoms with E-state index in [1.54, 1.807) is 36.4 Å².